The zero-order chi connectivity index (χ0) is 50.3. The molecule has 1 fully saturated rings. The minimum atomic E-state index is -0.228. The third-order valence-corrected chi connectivity index (χ3v) is 16.8. The Balaban J connectivity index is 0.967. The van der Waals surface area contributed by atoms with Gasteiger partial charge in [-0.05, 0) is 165 Å². The van der Waals surface area contributed by atoms with Gasteiger partial charge in [-0.25, -0.2) is 0 Å². The second kappa shape index (κ2) is 19.9. The van der Waals surface area contributed by atoms with Crippen LogP contribution in [0.1, 0.15) is 90.8 Å². The lowest BCUT2D eigenvalue weighted by Gasteiger charge is -2.34. The van der Waals surface area contributed by atoms with Crippen molar-refractivity contribution in [3.8, 4) is 44.5 Å². The fraction of sp³-hybridized carbons (Fsp3) is 0.178. The largest absolute Gasteiger partial charge is 0.310 e. The predicted molar refractivity (Wildman–Crippen MR) is 317 cm³/mol. The van der Waals surface area contributed by atoms with Gasteiger partial charge in [-0.1, -0.05) is 221 Å². The van der Waals surface area contributed by atoms with Gasteiger partial charge in [0, 0.05) is 45.0 Å². The summed E-state index contributed by atoms with van der Waals surface area (Å²) in [6.45, 7) is 4.84. The van der Waals surface area contributed by atoms with Gasteiger partial charge in [0.25, 0.3) is 0 Å². The maximum atomic E-state index is 2.65. The molecule has 2 heteroatoms. The molecule has 10 aromatic carbocycles. The van der Waals surface area contributed by atoms with Gasteiger partial charge in [0.1, 0.15) is 0 Å². The molecule has 6 aliphatic carbocycles. The van der Waals surface area contributed by atoms with Crippen LogP contribution in [0.5, 0.6) is 0 Å². The van der Waals surface area contributed by atoms with Crippen LogP contribution in [0.2, 0.25) is 0 Å². The van der Waals surface area contributed by atoms with Crippen LogP contribution in [0.4, 0.5) is 34.1 Å². The topological polar surface area (TPSA) is 6.48 Å². The third kappa shape index (κ3) is 8.77. The Morgan fingerprint density at radius 3 is 1.44 bits per heavy atom. The molecule has 10 aromatic rings. The summed E-state index contributed by atoms with van der Waals surface area (Å²) in [5.41, 5.74) is 26.7. The molecule has 2 nitrogen and oxygen atoms in total. The van der Waals surface area contributed by atoms with Crippen molar-refractivity contribution < 1.29 is 0 Å². The molecule has 0 heterocycles. The minimum Gasteiger partial charge on any atom is -0.310 e. The van der Waals surface area contributed by atoms with Crippen molar-refractivity contribution in [3.05, 3.63) is 276 Å². The first-order valence-electron chi connectivity index (χ1n) is 27.5. The van der Waals surface area contributed by atoms with Gasteiger partial charge in [-0.15, -0.1) is 0 Å². The van der Waals surface area contributed by atoms with E-state index in [1.54, 1.807) is 0 Å². The highest BCUT2D eigenvalue weighted by atomic mass is 15.2. The van der Waals surface area contributed by atoms with E-state index >= 15 is 0 Å². The first-order valence-corrected chi connectivity index (χ1v) is 27.5. The summed E-state index contributed by atoms with van der Waals surface area (Å²) in [4.78, 5) is 5.17. The number of hydrogen-bond donors (Lipinski definition) is 0. The second-order valence-corrected chi connectivity index (χ2v) is 21.7. The molecule has 0 radical (unpaired) electrons. The summed E-state index contributed by atoms with van der Waals surface area (Å²) in [5.74, 6) is 0.672. The highest BCUT2D eigenvalue weighted by Gasteiger charge is 2.38. The van der Waals surface area contributed by atoms with Crippen LogP contribution in [0.3, 0.4) is 0 Å². The summed E-state index contributed by atoms with van der Waals surface area (Å²) >= 11 is 0. The predicted octanol–water partition coefficient (Wildman–Crippen LogP) is 19.9. The van der Waals surface area contributed by atoms with Gasteiger partial charge in [0.15, 0.2) is 0 Å². The van der Waals surface area contributed by atoms with Gasteiger partial charge in [-0.3, -0.25) is 0 Å². The van der Waals surface area contributed by atoms with Crippen LogP contribution in [0.25, 0.3) is 44.5 Å². The molecule has 366 valence electrons. The van der Waals surface area contributed by atoms with Crippen LogP contribution < -0.4 is 9.80 Å². The van der Waals surface area contributed by atoms with Crippen molar-refractivity contribution in [2.24, 2.45) is 0 Å². The number of nitrogens with zero attached hydrogens (tertiary/aromatic N) is 2. The van der Waals surface area contributed by atoms with E-state index in [2.05, 4.69) is 260 Å². The average Bonchev–Trinajstić information content (AvgIpc) is 3.71. The quantitative estimate of drug-likeness (QED) is 0.135. The minimum absolute atomic E-state index is 0.228. The Bertz CT molecular complexity index is 3590. The van der Waals surface area contributed by atoms with Crippen LogP contribution in [0.15, 0.2) is 237 Å². The van der Waals surface area contributed by atoms with Gasteiger partial charge >= 0.3 is 0 Å². The molecule has 6 aliphatic rings. The van der Waals surface area contributed by atoms with Crippen molar-refractivity contribution in [1.82, 2.24) is 0 Å². The highest BCUT2D eigenvalue weighted by molar-refractivity contribution is 6.00. The molecular weight excluding hydrogens is 905 g/mol. The fourth-order valence-electron chi connectivity index (χ4n) is 12.9. The third-order valence-electron chi connectivity index (χ3n) is 16.8. The van der Waals surface area contributed by atoms with E-state index in [1.807, 2.05) is 0 Å². The SMILES string of the molecule is CC1(C)c2cc(N(c3cc4ccc3CCc3ccc(c(N(c5ccccc5)c5ccc(C6CCCCC6)cc5)c3)CC4)c3c(-c4ccccc4)cccc3-c3ccccc3)ccc2-c2c(-c3ccccc3)cccc21. The van der Waals surface area contributed by atoms with Crippen LogP contribution in [0, 0.1) is 0 Å². The molecule has 0 aliphatic heterocycles. The van der Waals surface area contributed by atoms with E-state index in [1.165, 1.54) is 150 Å². The maximum Gasteiger partial charge on any atom is 0.0618 e. The van der Waals surface area contributed by atoms with Gasteiger partial charge < -0.3 is 9.80 Å². The van der Waals surface area contributed by atoms with Crippen molar-refractivity contribution in [2.75, 3.05) is 9.80 Å². The van der Waals surface area contributed by atoms with E-state index in [0.717, 1.165) is 25.7 Å². The molecule has 0 N–H and O–H groups in total. The summed E-state index contributed by atoms with van der Waals surface area (Å²) in [5, 5.41) is 0. The first kappa shape index (κ1) is 46.6. The van der Waals surface area contributed by atoms with Gasteiger partial charge in [0.2, 0.25) is 0 Å². The van der Waals surface area contributed by atoms with Gasteiger partial charge in [0.05, 0.1) is 5.69 Å². The summed E-state index contributed by atoms with van der Waals surface area (Å²) in [6, 6.07) is 89.5. The van der Waals surface area contributed by atoms with Crippen molar-refractivity contribution in [3.63, 3.8) is 0 Å². The molecule has 0 aromatic heterocycles. The lowest BCUT2D eigenvalue weighted by molar-refractivity contribution is 0.443. The van der Waals surface area contributed by atoms with Crippen molar-refractivity contribution in [2.45, 2.75) is 83.0 Å². The number of fused-ring (bicyclic) bond motifs is 3. The summed E-state index contributed by atoms with van der Waals surface area (Å²) in [6.07, 6.45) is 10.2. The van der Waals surface area contributed by atoms with E-state index in [0.29, 0.717) is 5.92 Å². The van der Waals surface area contributed by atoms with Crippen LogP contribution in [-0.2, 0) is 31.1 Å². The fourth-order valence-corrected chi connectivity index (χ4v) is 12.9. The number of aryl methyl sites for hydroxylation is 4. The number of hydrogen-bond acceptors (Lipinski definition) is 2. The molecular formula is C73H64N2. The Morgan fingerprint density at radius 1 is 0.360 bits per heavy atom. The molecule has 4 bridgehead atoms. The first-order chi connectivity index (χ1) is 37.0. The average molecular weight is 969 g/mol. The van der Waals surface area contributed by atoms with Crippen LogP contribution in [-0.4, -0.2) is 0 Å². The van der Waals surface area contributed by atoms with Crippen molar-refractivity contribution >= 4 is 34.1 Å². The number of rotatable bonds is 10. The molecule has 0 amide bonds. The highest BCUT2D eigenvalue weighted by Crippen LogP contribution is 2.55. The molecule has 75 heavy (non-hydrogen) atoms. The van der Waals surface area contributed by atoms with E-state index in [-0.39, 0.29) is 5.41 Å². The Kier molecular flexibility index (Phi) is 12.4. The second-order valence-electron chi connectivity index (χ2n) is 21.7. The maximum absolute atomic E-state index is 2.65. The number of anilines is 6. The smallest absolute Gasteiger partial charge is 0.0618 e. The normalized spacial score (nSPS) is 14.6. The molecule has 16 rings (SSSR count). The zero-order valence-electron chi connectivity index (χ0n) is 43.4. The van der Waals surface area contributed by atoms with Crippen molar-refractivity contribution in [1.29, 1.82) is 0 Å². The molecule has 0 unspecified atom stereocenters. The summed E-state index contributed by atoms with van der Waals surface area (Å²) in [7, 11) is 0. The molecule has 0 saturated heterocycles. The van der Waals surface area contributed by atoms with E-state index in [9.17, 15) is 0 Å². The lowest BCUT2D eigenvalue weighted by Crippen LogP contribution is -2.18. The van der Waals surface area contributed by atoms with E-state index < -0.39 is 0 Å². The summed E-state index contributed by atoms with van der Waals surface area (Å²) < 4.78 is 0. The van der Waals surface area contributed by atoms with E-state index in [4.69, 9.17) is 0 Å². The molecule has 1 saturated carbocycles. The van der Waals surface area contributed by atoms with Gasteiger partial charge in [-0.2, -0.15) is 0 Å². The Labute approximate surface area is 444 Å². The molecule has 0 atom stereocenters. The molecule has 0 spiro atoms. The Morgan fingerprint density at radius 2 is 0.853 bits per heavy atom. The number of para-hydroxylation sites is 2. The monoisotopic (exact) mass is 969 g/mol. The number of benzene rings is 10. The zero-order valence-corrected chi connectivity index (χ0v) is 43.4. The lowest BCUT2D eigenvalue weighted by atomic mass is 9.81. The van der Waals surface area contributed by atoms with Crippen LogP contribution >= 0.6 is 0 Å². The standard InChI is InChI=1S/C73H64N2/c1-73(2)67-33-19-30-63(55-22-10-4-11-23-55)71(67)66-47-46-62(50-68(66)73)75(72-64(56-24-12-5-13-25-56)31-18-32-65(72)57-26-14-6-15-27-57)70-49-52-35-39-58-38-34-51(36-40-59(70)41-37-52)48-69(58)74(60-28-16-7-17-29-60)61-44-42-54(43-45-61)53-20-8-3-9-21-53/h4-7,10-19,22-34,37-38,41-50,53H,3,8-9,20-21,35-36,39-40H2,1-2H3. The Hall–Kier alpha value is -8.20.